The number of benzene rings is 2. The summed E-state index contributed by atoms with van der Waals surface area (Å²) in [6, 6.07) is 11.8. The molecule has 10 heteroatoms. The van der Waals surface area contributed by atoms with E-state index in [0.717, 1.165) is 16.9 Å². The minimum atomic E-state index is -3.94. The van der Waals surface area contributed by atoms with Crippen LogP contribution in [0.2, 0.25) is 0 Å². The summed E-state index contributed by atoms with van der Waals surface area (Å²) in [5.41, 5.74) is 0.803. The number of hydrogen-bond acceptors (Lipinski definition) is 8. The molecule has 0 radical (unpaired) electrons. The Morgan fingerprint density at radius 2 is 1.56 bits per heavy atom. The average molecular weight is 407 g/mol. The largest absolute Gasteiger partial charge is 0.497 e. The minimum Gasteiger partial charge on any atom is -0.497 e. The van der Waals surface area contributed by atoms with E-state index in [1.807, 2.05) is 12.1 Å². The van der Waals surface area contributed by atoms with E-state index < -0.39 is 10.0 Å². The normalized spacial score (nSPS) is 11.1. The van der Waals surface area contributed by atoms with Gasteiger partial charge in [-0.3, -0.25) is 4.72 Å². The molecule has 1 N–H and O–H groups in total. The smallest absolute Gasteiger partial charge is 0.267 e. The number of ether oxygens (including phenoxy) is 3. The molecule has 0 aliphatic carbocycles. The number of anilines is 1. The molecule has 1 heterocycles. The van der Waals surface area contributed by atoms with Crippen molar-refractivity contribution in [2.24, 2.45) is 0 Å². The van der Waals surface area contributed by atoms with Crippen LogP contribution in [0.1, 0.15) is 0 Å². The van der Waals surface area contributed by atoms with Crippen LogP contribution in [-0.2, 0) is 10.0 Å². The zero-order valence-electron chi connectivity index (χ0n) is 14.8. The van der Waals surface area contributed by atoms with Crippen LogP contribution < -0.4 is 18.9 Å². The Labute approximate surface area is 160 Å². The first-order valence-electron chi connectivity index (χ1n) is 7.69. The second-order valence-corrected chi connectivity index (χ2v) is 7.89. The molecule has 0 saturated heterocycles. The Morgan fingerprint density at radius 3 is 2.19 bits per heavy atom. The molecule has 3 rings (SSSR count). The van der Waals surface area contributed by atoms with E-state index in [2.05, 4.69) is 14.9 Å². The molecule has 0 atom stereocenters. The predicted molar refractivity (Wildman–Crippen MR) is 102 cm³/mol. The number of methoxy groups -OCH3 is 3. The van der Waals surface area contributed by atoms with Gasteiger partial charge in [-0.25, -0.2) is 8.42 Å². The van der Waals surface area contributed by atoms with Gasteiger partial charge in [0.05, 0.1) is 21.3 Å². The van der Waals surface area contributed by atoms with E-state index in [4.69, 9.17) is 14.2 Å². The lowest BCUT2D eigenvalue weighted by Crippen LogP contribution is -2.14. The molecule has 8 nitrogen and oxygen atoms in total. The van der Waals surface area contributed by atoms with Crippen molar-refractivity contribution in [3.63, 3.8) is 0 Å². The molecule has 0 amide bonds. The van der Waals surface area contributed by atoms with Crippen molar-refractivity contribution in [1.82, 2.24) is 10.2 Å². The summed E-state index contributed by atoms with van der Waals surface area (Å²) in [5, 5.41) is 8.68. The maximum Gasteiger partial charge on any atom is 0.267 e. The molecule has 0 aliphatic heterocycles. The third kappa shape index (κ3) is 4.12. The van der Waals surface area contributed by atoms with Gasteiger partial charge in [0, 0.05) is 11.6 Å². The number of hydrogen-bond donors (Lipinski definition) is 1. The van der Waals surface area contributed by atoms with Gasteiger partial charge in [0.25, 0.3) is 10.0 Å². The van der Waals surface area contributed by atoms with Crippen LogP contribution in [0.5, 0.6) is 17.2 Å². The second-order valence-electron chi connectivity index (χ2n) is 5.26. The Bertz CT molecular complexity index is 1030. The number of nitrogens with one attached hydrogen (secondary N) is 1. The number of rotatable bonds is 7. The highest BCUT2D eigenvalue weighted by Gasteiger charge is 2.22. The van der Waals surface area contributed by atoms with Crippen LogP contribution >= 0.6 is 11.3 Å². The third-order valence-electron chi connectivity index (χ3n) is 3.64. The van der Waals surface area contributed by atoms with Crippen molar-refractivity contribution in [1.29, 1.82) is 0 Å². The van der Waals surface area contributed by atoms with Crippen molar-refractivity contribution in [3.8, 4) is 27.8 Å². The van der Waals surface area contributed by atoms with E-state index in [-0.39, 0.29) is 15.8 Å². The Morgan fingerprint density at radius 1 is 0.889 bits per heavy atom. The van der Waals surface area contributed by atoms with E-state index >= 15 is 0 Å². The van der Waals surface area contributed by atoms with E-state index in [1.54, 1.807) is 25.3 Å². The van der Waals surface area contributed by atoms with Crippen molar-refractivity contribution in [3.05, 3.63) is 42.5 Å². The van der Waals surface area contributed by atoms with Crippen molar-refractivity contribution in [2.75, 3.05) is 26.1 Å². The van der Waals surface area contributed by atoms with Crippen LogP contribution in [0.25, 0.3) is 10.6 Å². The maximum atomic E-state index is 12.8. The summed E-state index contributed by atoms with van der Waals surface area (Å²) in [6.45, 7) is 0. The van der Waals surface area contributed by atoms with Crippen molar-refractivity contribution < 1.29 is 22.6 Å². The second kappa shape index (κ2) is 7.80. The minimum absolute atomic E-state index is 0.0504. The van der Waals surface area contributed by atoms with Crippen LogP contribution in [-0.4, -0.2) is 39.9 Å². The van der Waals surface area contributed by atoms with Crippen LogP contribution in [0, 0.1) is 0 Å². The van der Waals surface area contributed by atoms with Gasteiger partial charge in [0.2, 0.25) is 5.13 Å². The van der Waals surface area contributed by atoms with Gasteiger partial charge in [-0.2, -0.15) is 0 Å². The van der Waals surface area contributed by atoms with Crippen molar-refractivity contribution in [2.45, 2.75) is 4.90 Å². The fourth-order valence-corrected chi connectivity index (χ4v) is 4.44. The van der Waals surface area contributed by atoms with Gasteiger partial charge in [-0.05, 0) is 36.4 Å². The average Bonchev–Trinajstić information content (AvgIpc) is 3.15. The third-order valence-corrected chi connectivity index (χ3v) is 6.02. The standard InChI is InChI=1S/C17H17N3O5S2/c1-23-12-6-4-11(5-7-12)16-18-19-17(26-16)20-27(21,22)15-10-13(24-2)8-9-14(15)25-3/h4-10H,1-3H3,(H,19,20). The van der Waals surface area contributed by atoms with Gasteiger partial charge in [-0.1, -0.05) is 11.3 Å². The van der Waals surface area contributed by atoms with Gasteiger partial charge >= 0.3 is 0 Å². The van der Waals surface area contributed by atoms with Gasteiger partial charge < -0.3 is 14.2 Å². The Kier molecular flexibility index (Phi) is 5.47. The zero-order chi connectivity index (χ0) is 19.4. The molecule has 0 aliphatic rings. The Balaban J connectivity index is 1.87. The van der Waals surface area contributed by atoms with Gasteiger partial charge in [-0.15, -0.1) is 10.2 Å². The molecule has 0 bridgehead atoms. The molecule has 0 saturated carbocycles. The molecule has 1 aromatic heterocycles. The lowest BCUT2D eigenvalue weighted by atomic mass is 10.2. The number of nitrogens with zero attached hydrogens (tertiary/aromatic N) is 2. The summed E-state index contributed by atoms with van der Waals surface area (Å²) in [7, 11) is 0.500. The number of sulfonamides is 1. The lowest BCUT2D eigenvalue weighted by molar-refractivity contribution is 0.392. The molecular weight excluding hydrogens is 390 g/mol. The first-order valence-corrected chi connectivity index (χ1v) is 9.99. The molecule has 27 heavy (non-hydrogen) atoms. The summed E-state index contributed by atoms with van der Waals surface area (Å²) >= 11 is 1.12. The van der Waals surface area contributed by atoms with E-state index in [9.17, 15) is 8.42 Å². The van der Waals surface area contributed by atoms with Gasteiger partial charge in [0.15, 0.2) is 0 Å². The zero-order valence-corrected chi connectivity index (χ0v) is 16.4. The van der Waals surface area contributed by atoms with E-state index in [1.165, 1.54) is 26.4 Å². The predicted octanol–water partition coefficient (Wildman–Crippen LogP) is 3.03. The summed E-state index contributed by atoms with van der Waals surface area (Å²) < 4.78 is 43.3. The highest BCUT2D eigenvalue weighted by Crippen LogP contribution is 2.32. The highest BCUT2D eigenvalue weighted by molar-refractivity contribution is 7.93. The van der Waals surface area contributed by atoms with E-state index in [0.29, 0.717) is 16.5 Å². The highest BCUT2D eigenvalue weighted by atomic mass is 32.2. The van der Waals surface area contributed by atoms with Crippen LogP contribution in [0.3, 0.4) is 0 Å². The first-order chi connectivity index (χ1) is 13.0. The topological polar surface area (TPSA) is 99.6 Å². The summed E-state index contributed by atoms with van der Waals surface area (Å²) in [4.78, 5) is -0.0504. The first kappa shape index (κ1) is 18.9. The fraction of sp³-hybridized carbons (Fsp3) is 0.176. The van der Waals surface area contributed by atoms with Crippen LogP contribution in [0.4, 0.5) is 5.13 Å². The Hall–Kier alpha value is -2.85. The molecule has 0 fully saturated rings. The fourth-order valence-electron chi connectivity index (χ4n) is 2.28. The van der Waals surface area contributed by atoms with Gasteiger partial charge in [0.1, 0.15) is 27.2 Å². The summed E-state index contributed by atoms with van der Waals surface area (Å²) in [5.74, 6) is 1.31. The number of aromatic nitrogens is 2. The molecule has 0 spiro atoms. The lowest BCUT2D eigenvalue weighted by Gasteiger charge is -2.11. The molecule has 0 unspecified atom stereocenters. The molecule has 2 aromatic carbocycles. The maximum absolute atomic E-state index is 12.8. The molecule has 142 valence electrons. The molecular formula is C17H17N3O5S2. The summed E-state index contributed by atoms with van der Waals surface area (Å²) in [6.07, 6.45) is 0. The monoisotopic (exact) mass is 407 g/mol. The quantitative estimate of drug-likeness (QED) is 0.642. The van der Waals surface area contributed by atoms with Crippen LogP contribution in [0.15, 0.2) is 47.4 Å². The van der Waals surface area contributed by atoms with Crippen molar-refractivity contribution >= 4 is 26.5 Å². The molecule has 3 aromatic rings. The SMILES string of the molecule is COc1ccc(-c2nnc(NS(=O)(=O)c3cc(OC)ccc3OC)s2)cc1.